The number of carboxylic acid groups (broad SMARTS) is 2. The summed E-state index contributed by atoms with van der Waals surface area (Å²) in [5.41, 5.74) is 8.22. The van der Waals surface area contributed by atoms with Gasteiger partial charge < -0.3 is 36.2 Å². The van der Waals surface area contributed by atoms with Gasteiger partial charge in [-0.2, -0.15) is 0 Å². The number of methoxy groups -OCH3 is 1. The maximum atomic E-state index is 13.5. The number of thioether (sulfide) groups is 1. The van der Waals surface area contributed by atoms with Crippen LogP contribution >= 0.6 is 11.8 Å². The summed E-state index contributed by atoms with van der Waals surface area (Å²) >= 11 is 1.14. The number of hydrogen-bond donors (Lipinski definition) is 5. The van der Waals surface area contributed by atoms with Gasteiger partial charge in [0, 0.05) is 25.8 Å². The standard InChI is InChI=1S/C26H40N4O8S/c1-5-18-8-6-7-16(2)24(18)30(17(3)13-38-4)22(32)15-39-14-20(25(35)28-12-11-23(33)34)29-21(31)10-9-19(27)26(36)37/h6-8,17,19-20H,5,9-15,27H2,1-4H3,(H,28,35)(H,29,31)(H,33,34)(H,36,37)/t17-,19?,20?/m0/s1. The predicted octanol–water partition coefficient (Wildman–Crippen LogP) is 0.926. The minimum absolute atomic E-state index is 0.00417. The van der Waals surface area contributed by atoms with Crippen molar-refractivity contribution in [1.82, 2.24) is 10.6 Å². The van der Waals surface area contributed by atoms with Crippen LogP contribution in [0.3, 0.4) is 0 Å². The Kier molecular flexibility index (Phi) is 15.1. The number of anilines is 1. The number of rotatable bonds is 18. The van der Waals surface area contributed by atoms with Crippen molar-refractivity contribution in [2.24, 2.45) is 5.73 Å². The highest BCUT2D eigenvalue weighted by molar-refractivity contribution is 8.00. The van der Waals surface area contributed by atoms with Gasteiger partial charge in [-0.25, -0.2) is 0 Å². The molecule has 0 radical (unpaired) electrons. The van der Waals surface area contributed by atoms with Crippen molar-refractivity contribution in [2.45, 2.75) is 64.6 Å². The van der Waals surface area contributed by atoms with Gasteiger partial charge in [-0.15, -0.1) is 11.8 Å². The van der Waals surface area contributed by atoms with E-state index in [9.17, 15) is 24.0 Å². The number of benzene rings is 1. The molecule has 0 spiro atoms. The number of nitrogens with one attached hydrogen (secondary N) is 2. The summed E-state index contributed by atoms with van der Waals surface area (Å²) in [5.74, 6) is -3.69. The molecule has 39 heavy (non-hydrogen) atoms. The van der Waals surface area contributed by atoms with Crippen LogP contribution in [0.15, 0.2) is 18.2 Å². The van der Waals surface area contributed by atoms with Gasteiger partial charge in [0.25, 0.3) is 0 Å². The second-order valence-electron chi connectivity index (χ2n) is 9.06. The van der Waals surface area contributed by atoms with Crippen LogP contribution in [0, 0.1) is 6.92 Å². The van der Waals surface area contributed by atoms with E-state index in [-0.39, 0.29) is 49.3 Å². The average molecular weight is 569 g/mol. The zero-order valence-corrected chi connectivity index (χ0v) is 23.7. The van der Waals surface area contributed by atoms with Crippen molar-refractivity contribution in [2.75, 3.05) is 36.7 Å². The molecule has 12 nitrogen and oxygen atoms in total. The van der Waals surface area contributed by atoms with E-state index in [1.807, 2.05) is 39.0 Å². The van der Waals surface area contributed by atoms with Gasteiger partial charge in [-0.05, 0) is 37.8 Å². The van der Waals surface area contributed by atoms with Crippen LogP contribution in [0.4, 0.5) is 5.69 Å². The van der Waals surface area contributed by atoms with Crippen LogP contribution in [-0.4, -0.2) is 89.8 Å². The molecule has 1 aromatic carbocycles. The van der Waals surface area contributed by atoms with Gasteiger partial charge in [-0.3, -0.25) is 24.0 Å². The fourth-order valence-corrected chi connectivity index (χ4v) is 4.77. The normalized spacial score (nSPS) is 13.2. The Labute approximate surface area is 233 Å². The molecular formula is C26H40N4O8S. The van der Waals surface area contributed by atoms with E-state index in [1.165, 1.54) is 0 Å². The summed E-state index contributed by atoms with van der Waals surface area (Å²) in [6, 6.07) is 3.29. The average Bonchev–Trinajstić information content (AvgIpc) is 2.87. The Hall–Kier alpha value is -3.16. The molecule has 2 unspecified atom stereocenters. The highest BCUT2D eigenvalue weighted by atomic mass is 32.2. The molecule has 1 aromatic rings. The van der Waals surface area contributed by atoms with E-state index < -0.39 is 35.8 Å². The molecule has 0 bridgehead atoms. The van der Waals surface area contributed by atoms with Crippen molar-refractivity contribution in [1.29, 1.82) is 0 Å². The Morgan fingerprint density at radius 3 is 2.44 bits per heavy atom. The van der Waals surface area contributed by atoms with Crippen LogP contribution in [0.1, 0.15) is 44.2 Å². The topological polar surface area (TPSA) is 188 Å². The van der Waals surface area contributed by atoms with Gasteiger partial charge in [0.1, 0.15) is 12.1 Å². The molecule has 0 aliphatic heterocycles. The molecule has 6 N–H and O–H groups in total. The van der Waals surface area contributed by atoms with Gasteiger partial charge in [-0.1, -0.05) is 25.1 Å². The van der Waals surface area contributed by atoms with E-state index in [0.717, 1.165) is 35.0 Å². The van der Waals surface area contributed by atoms with Gasteiger partial charge in [0.05, 0.1) is 30.5 Å². The third-order valence-electron chi connectivity index (χ3n) is 5.86. The zero-order chi connectivity index (χ0) is 29.5. The molecule has 3 amide bonds. The lowest BCUT2D eigenvalue weighted by Crippen LogP contribution is -2.49. The summed E-state index contributed by atoms with van der Waals surface area (Å²) in [6.07, 6.45) is 0.0892. The molecule has 0 aliphatic rings. The Bertz CT molecular complexity index is 1010. The van der Waals surface area contributed by atoms with Crippen LogP contribution in [0.5, 0.6) is 0 Å². The van der Waals surface area contributed by atoms with Crippen molar-refractivity contribution < 1.29 is 38.9 Å². The van der Waals surface area contributed by atoms with E-state index in [4.69, 9.17) is 20.7 Å². The lowest BCUT2D eigenvalue weighted by molar-refractivity contribution is -0.139. The smallest absolute Gasteiger partial charge is 0.320 e. The maximum absolute atomic E-state index is 13.5. The number of nitrogens with two attached hydrogens (primary N) is 1. The van der Waals surface area contributed by atoms with Gasteiger partial charge >= 0.3 is 11.9 Å². The van der Waals surface area contributed by atoms with Crippen molar-refractivity contribution in [3.8, 4) is 0 Å². The molecule has 0 fully saturated rings. The zero-order valence-electron chi connectivity index (χ0n) is 22.9. The third-order valence-corrected chi connectivity index (χ3v) is 6.88. The SMILES string of the molecule is CCc1cccc(C)c1N(C(=O)CSCC(NC(=O)CCC(N)C(=O)O)C(=O)NCCC(=O)O)[C@@H](C)COC. The number of amides is 3. The first-order valence-corrected chi connectivity index (χ1v) is 13.8. The molecule has 0 aliphatic carbocycles. The number of aliphatic carboxylic acids is 2. The lowest BCUT2D eigenvalue weighted by atomic mass is 10.0. The van der Waals surface area contributed by atoms with Crippen LogP contribution in [0.25, 0.3) is 0 Å². The molecule has 0 heterocycles. The summed E-state index contributed by atoms with van der Waals surface area (Å²) in [7, 11) is 1.56. The summed E-state index contributed by atoms with van der Waals surface area (Å²) < 4.78 is 5.31. The molecule has 0 aromatic heterocycles. The summed E-state index contributed by atoms with van der Waals surface area (Å²) in [4.78, 5) is 62.0. The minimum atomic E-state index is -1.24. The second-order valence-corrected chi connectivity index (χ2v) is 10.1. The van der Waals surface area contributed by atoms with Crippen LogP contribution in [0.2, 0.25) is 0 Å². The monoisotopic (exact) mass is 568 g/mol. The Morgan fingerprint density at radius 1 is 1.15 bits per heavy atom. The molecule has 218 valence electrons. The maximum Gasteiger partial charge on any atom is 0.320 e. The van der Waals surface area contributed by atoms with Crippen molar-refractivity contribution in [3.63, 3.8) is 0 Å². The highest BCUT2D eigenvalue weighted by Crippen LogP contribution is 2.28. The fourth-order valence-electron chi connectivity index (χ4n) is 3.87. The van der Waals surface area contributed by atoms with E-state index in [1.54, 1.807) is 12.0 Å². The third kappa shape index (κ3) is 11.6. The highest BCUT2D eigenvalue weighted by Gasteiger charge is 2.27. The largest absolute Gasteiger partial charge is 0.481 e. The van der Waals surface area contributed by atoms with Crippen molar-refractivity contribution in [3.05, 3.63) is 29.3 Å². The van der Waals surface area contributed by atoms with Gasteiger partial charge in [0.2, 0.25) is 17.7 Å². The molecular weight excluding hydrogens is 528 g/mol. The lowest BCUT2D eigenvalue weighted by Gasteiger charge is -2.32. The second kappa shape index (κ2) is 17.4. The first-order chi connectivity index (χ1) is 18.4. The summed E-state index contributed by atoms with van der Waals surface area (Å²) in [6.45, 7) is 6.01. The number of carboxylic acids is 2. The molecule has 0 saturated heterocycles. The predicted molar refractivity (Wildman–Crippen MR) is 149 cm³/mol. The molecule has 1 rings (SSSR count). The Morgan fingerprint density at radius 2 is 1.85 bits per heavy atom. The number of hydrogen-bond acceptors (Lipinski definition) is 8. The Balaban J connectivity index is 2.99. The van der Waals surface area contributed by atoms with E-state index in [2.05, 4.69) is 10.6 Å². The molecule has 3 atom stereocenters. The number of aryl methyl sites for hydroxylation is 2. The minimum Gasteiger partial charge on any atom is -0.481 e. The number of carbonyl (C=O) groups is 5. The van der Waals surface area contributed by atoms with E-state index >= 15 is 0 Å². The molecule has 13 heteroatoms. The number of para-hydroxylation sites is 1. The number of nitrogens with zero attached hydrogens (tertiary/aromatic N) is 1. The first kappa shape index (κ1) is 33.9. The molecule has 0 saturated carbocycles. The van der Waals surface area contributed by atoms with Gasteiger partial charge in [0.15, 0.2) is 0 Å². The fraction of sp³-hybridized carbons (Fsp3) is 0.577. The number of ether oxygens (including phenoxy) is 1. The van der Waals surface area contributed by atoms with E-state index in [0.29, 0.717) is 6.61 Å². The quantitative estimate of drug-likeness (QED) is 0.170. The summed E-state index contributed by atoms with van der Waals surface area (Å²) in [5, 5.41) is 22.7. The van der Waals surface area contributed by atoms with Crippen LogP contribution < -0.4 is 21.3 Å². The number of carbonyl (C=O) groups excluding carboxylic acids is 3. The first-order valence-electron chi connectivity index (χ1n) is 12.7. The van der Waals surface area contributed by atoms with Crippen LogP contribution in [-0.2, 0) is 35.1 Å². The van der Waals surface area contributed by atoms with Crippen molar-refractivity contribution >= 4 is 47.1 Å².